The highest BCUT2D eigenvalue weighted by molar-refractivity contribution is 5.73. The molecule has 0 saturated heterocycles. The van der Waals surface area contributed by atoms with Gasteiger partial charge in [-0.3, -0.25) is 0 Å². The molecule has 1 aliphatic heterocycles. The Morgan fingerprint density at radius 3 is 2.81 bits per heavy atom. The summed E-state index contributed by atoms with van der Waals surface area (Å²) in [5.74, 6) is 0. The molecule has 0 bridgehead atoms. The quantitative estimate of drug-likeness (QED) is 0.443. The second-order valence-electron chi connectivity index (χ2n) is 3.85. The summed E-state index contributed by atoms with van der Waals surface area (Å²) in [6, 6.07) is 8.32. The van der Waals surface area contributed by atoms with Crippen LogP contribution in [0.1, 0.15) is 0 Å². The minimum Gasteiger partial charge on any atom is -0.371 e. The first kappa shape index (κ1) is 10.6. The summed E-state index contributed by atoms with van der Waals surface area (Å²) in [6.07, 6.45) is 0. The van der Waals surface area contributed by atoms with Crippen molar-refractivity contribution in [2.24, 2.45) is 5.11 Å². The van der Waals surface area contributed by atoms with Crippen LogP contribution in [0, 0.1) is 0 Å². The fourth-order valence-electron chi connectivity index (χ4n) is 2.01. The molecule has 0 unspecified atom stereocenters. The molecular formula is C11H15N5. The number of nitrogens with zero attached hydrogens (tertiary/aromatic N) is 5. The smallest absolute Gasteiger partial charge is 0.0604 e. The lowest BCUT2D eigenvalue weighted by molar-refractivity contribution is 0.732. The first-order valence-electron chi connectivity index (χ1n) is 5.39. The minimum absolute atomic E-state index is 0.522. The largest absolute Gasteiger partial charge is 0.371 e. The Kier molecular flexibility index (Phi) is 3.17. The highest BCUT2D eigenvalue weighted by Gasteiger charge is 2.18. The van der Waals surface area contributed by atoms with Gasteiger partial charge in [-0.15, -0.1) is 0 Å². The molecule has 1 aliphatic rings. The maximum Gasteiger partial charge on any atom is 0.0604 e. The van der Waals surface area contributed by atoms with E-state index < -0.39 is 0 Å². The van der Waals surface area contributed by atoms with Gasteiger partial charge >= 0.3 is 0 Å². The van der Waals surface area contributed by atoms with Crippen molar-refractivity contribution in [3.63, 3.8) is 0 Å². The van der Waals surface area contributed by atoms with Crippen LogP contribution in [0.2, 0.25) is 0 Å². The number of para-hydroxylation sites is 2. The molecule has 5 heteroatoms. The van der Waals surface area contributed by atoms with Gasteiger partial charge in [0.05, 0.1) is 11.4 Å². The summed E-state index contributed by atoms with van der Waals surface area (Å²) in [6.45, 7) is 3.30. The summed E-state index contributed by atoms with van der Waals surface area (Å²) in [5, 5.41) is 3.58. The van der Waals surface area contributed by atoms with Gasteiger partial charge in [-0.2, -0.15) is 0 Å². The molecular weight excluding hydrogens is 202 g/mol. The number of anilines is 2. The predicted molar refractivity (Wildman–Crippen MR) is 65.9 cm³/mol. The van der Waals surface area contributed by atoms with Crippen molar-refractivity contribution in [2.75, 3.05) is 43.0 Å². The summed E-state index contributed by atoms with van der Waals surface area (Å²) in [7, 11) is 2.10. The molecule has 1 aromatic rings. The predicted octanol–water partition coefficient (Wildman–Crippen LogP) is 2.25. The number of likely N-dealkylation sites (N-methyl/N-ethyl adjacent to an activating group) is 1. The molecule has 0 spiro atoms. The van der Waals surface area contributed by atoms with Crippen LogP contribution in [0.15, 0.2) is 29.4 Å². The van der Waals surface area contributed by atoms with Crippen LogP contribution in [-0.2, 0) is 0 Å². The normalized spacial score (nSPS) is 14.3. The Hall–Kier alpha value is -1.87. The summed E-state index contributed by atoms with van der Waals surface area (Å²) < 4.78 is 0. The van der Waals surface area contributed by atoms with E-state index in [2.05, 4.69) is 39.0 Å². The maximum absolute atomic E-state index is 8.26. The van der Waals surface area contributed by atoms with Crippen molar-refractivity contribution >= 4 is 11.4 Å². The zero-order valence-corrected chi connectivity index (χ0v) is 9.37. The molecule has 5 nitrogen and oxygen atoms in total. The van der Waals surface area contributed by atoms with Crippen molar-refractivity contribution < 1.29 is 0 Å². The van der Waals surface area contributed by atoms with Crippen LogP contribution in [0.5, 0.6) is 0 Å². The summed E-state index contributed by atoms with van der Waals surface area (Å²) >= 11 is 0. The number of azide groups is 1. The second kappa shape index (κ2) is 4.77. The number of hydrogen-bond acceptors (Lipinski definition) is 3. The fourth-order valence-corrected chi connectivity index (χ4v) is 2.01. The van der Waals surface area contributed by atoms with E-state index in [0.29, 0.717) is 6.54 Å². The molecule has 0 radical (unpaired) electrons. The van der Waals surface area contributed by atoms with E-state index in [1.165, 1.54) is 11.4 Å². The highest BCUT2D eigenvalue weighted by atomic mass is 15.3. The average Bonchev–Trinajstić information content (AvgIpc) is 2.33. The third-order valence-electron chi connectivity index (χ3n) is 2.87. The standard InChI is InChI=1S/C11H15N5/c1-15-8-9-16(7-6-13-14-12)11-5-3-2-4-10(11)15/h2-5H,6-9H2,1H3. The van der Waals surface area contributed by atoms with Gasteiger partial charge in [0.2, 0.25) is 0 Å². The van der Waals surface area contributed by atoms with Gasteiger partial charge in [-0.1, -0.05) is 17.2 Å². The first-order valence-corrected chi connectivity index (χ1v) is 5.39. The topological polar surface area (TPSA) is 55.2 Å². The molecule has 16 heavy (non-hydrogen) atoms. The summed E-state index contributed by atoms with van der Waals surface area (Å²) in [5.41, 5.74) is 10.7. The van der Waals surface area contributed by atoms with Gasteiger partial charge < -0.3 is 9.80 Å². The van der Waals surface area contributed by atoms with Crippen LogP contribution in [0.25, 0.3) is 10.4 Å². The second-order valence-corrected chi connectivity index (χ2v) is 3.85. The molecule has 0 atom stereocenters. The van der Waals surface area contributed by atoms with E-state index in [-0.39, 0.29) is 0 Å². The molecule has 2 rings (SSSR count). The van der Waals surface area contributed by atoms with Crippen LogP contribution < -0.4 is 9.80 Å². The number of rotatable bonds is 3. The van der Waals surface area contributed by atoms with Crippen molar-refractivity contribution in [3.8, 4) is 0 Å². The number of benzene rings is 1. The van der Waals surface area contributed by atoms with Crippen LogP contribution >= 0.6 is 0 Å². The molecule has 0 N–H and O–H groups in total. The lowest BCUT2D eigenvalue weighted by Gasteiger charge is -2.36. The van der Waals surface area contributed by atoms with Gasteiger partial charge in [-0.05, 0) is 17.7 Å². The van der Waals surface area contributed by atoms with Gasteiger partial charge in [0.15, 0.2) is 0 Å². The van der Waals surface area contributed by atoms with Crippen LogP contribution in [-0.4, -0.2) is 33.2 Å². The van der Waals surface area contributed by atoms with E-state index in [1.807, 2.05) is 12.1 Å². The van der Waals surface area contributed by atoms with Crippen molar-refractivity contribution in [2.45, 2.75) is 0 Å². The average molecular weight is 217 g/mol. The van der Waals surface area contributed by atoms with Gasteiger partial charge in [0.25, 0.3) is 0 Å². The maximum atomic E-state index is 8.26. The van der Waals surface area contributed by atoms with E-state index in [0.717, 1.165) is 19.6 Å². The number of hydrogen-bond donors (Lipinski definition) is 0. The molecule has 0 fully saturated rings. The van der Waals surface area contributed by atoms with E-state index >= 15 is 0 Å². The van der Waals surface area contributed by atoms with Crippen molar-refractivity contribution in [1.82, 2.24) is 0 Å². The Bertz CT molecular complexity index is 411. The molecule has 0 saturated carbocycles. The van der Waals surface area contributed by atoms with Crippen molar-refractivity contribution in [1.29, 1.82) is 0 Å². The van der Waals surface area contributed by atoms with Crippen LogP contribution in [0.3, 0.4) is 0 Å². The molecule has 84 valence electrons. The van der Waals surface area contributed by atoms with Crippen LogP contribution in [0.4, 0.5) is 11.4 Å². The summed E-state index contributed by atoms with van der Waals surface area (Å²) in [4.78, 5) is 7.30. The van der Waals surface area contributed by atoms with Gasteiger partial charge in [-0.25, -0.2) is 0 Å². The third-order valence-corrected chi connectivity index (χ3v) is 2.87. The SMILES string of the molecule is CN1CCN(CCN=[N+]=[N-])c2ccccc21. The van der Waals surface area contributed by atoms with Gasteiger partial charge in [0, 0.05) is 38.1 Å². The van der Waals surface area contributed by atoms with E-state index in [9.17, 15) is 0 Å². The molecule has 0 amide bonds. The Morgan fingerprint density at radius 1 is 1.31 bits per heavy atom. The third kappa shape index (κ3) is 2.04. The van der Waals surface area contributed by atoms with E-state index in [1.54, 1.807) is 0 Å². The molecule has 0 aliphatic carbocycles. The molecule has 0 aromatic heterocycles. The Labute approximate surface area is 94.9 Å². The molecule has 1 aromatic carbocycles. The fraction of sp³-hybridized carbons (Fsp3) is 0.455. The molecule has 1 heterocycles. The van der Waals surface area contributed by atoms with Gasteiger partial charge in [0.1, 0.15) is 0 Å². The first-order chi connectivity index (χ1) is 7.83. The monoisotopic (exact) mass is 217 g/mol. The highest BCUT2D eigenvalue weighted by Crippen LogP contribution is 2.31. The lowest BCUT2D eigenvalue weighted by Crippen LogP contribution is -2.40. The van der Waals surface area contributed by atoms with Crippen molar-refractivity contribution in [3.05, 3.63) is 34.7 Å². The Balaban J connectivity index is 2.17. The zero-order chi connectivity index (χ0) is 11.4. The minimum atomic E-state index is 0.522. The zero-order valence-electron chi connectivity index (χ0n) is 9.37. The lowest BCUT2D eigenvalue weighted by atomic mass is 10.2. The number of fused-ring (bicyclic) bond motifs is 1. The Morgan fingerprint density at radius 2 is 2.06 bits per heavy atom. The van der Waals surface area contributed by atoms with E-state index in [4.69, 9.17) is 5.53 Å².